The lowest BCUT2D eigenvalue weighted by Crippen LogP contribution is -2.32. The number of halogens is 3. The fraction of sp³-hybridized carbons (Fsp3) is 0.400. The summed E-state index contributed by atoms with van der Waals surface area (Å²) in [6.45, 7) is -1.15. The summed E-state index contributed by atoms with van der Waals surface area (Å²) < 4.78 is 38.7. The van der Waals surface area contributed by atoms with E-state index in [0.29, 0.717) is 0 Å². The van der Waals surface area contributed by atoms with Crippen LogP contribution in [0.5, 0.6) is 0 Å². The van der Waals surface area contributed by atoms with Gasteiger partial charge in [-0.1, -0.05) is 0 Å². The monoisotopic (exact) mass is 287 g/mol. The van der Waals surface area contributed by atoms with E-state index in [1.807, 2.05) is 0 Å². The van der Waals surface area contributed by atoms with Gasteiger partial charge < -0.3 is 10.2 Å². The second-order valence-electron chi connectivity index (χ2n) is 3.95. The van der Waals surface area contributed by atoms with Crippen LogP contribution in [0.2, 0.25) is 0 Å². The Morgan fingerprint density at radius 2 is 2.05 bits per heavy atom. The molecule has 0 aliphatic heterocycles. The second kappa shape index (κ2) is 5.31. The van der Waals surface area contributed by atoms with Crippen LogP contribution in [0.3, 0.4) is 0 Å². The van der Waals surface area contributed by atoms with E-state index in [2.05, 4.69) is 25.3 Å². The van der Waals surface area contributed by atoms with E-state index >= 15 is 0 Å². The molecule has 0 amide bonds. The topological polar surface area (TPSA) is 71.8 Å². The van der Waals surface area contributed by atoms with Crippen LogP contribution >= 0.6 is 0 Å². The third kappa shape index (κ3) is 3.33. The van der Waals surface area contributed by atoms with Crippen molar-refractivity contribution in [1.29, 1.82) is 0 Å². The van der Waals surface area contributed by atoms with Gasteiger partial charge in [-0.15, -0.1) is 0 Å². The van der Waals surface area contributed by atoms with Gasteiger partial charge in [0.05, 0.1) is 0 Å². The lowest BCUT2D eigenvalue weighted by molar-refractivity contribution is -0.119. The molecule has 0 saturated heterocycles. The van der Waals surface area contributed by atoms with Crippen LogP contribution in [0.15, 0.2) is 18.7 Å². The molecule has 1 N–H and O–H groups in total. The van der Waals surface area contributed by atoms with Crippen LogP contribution in [-0.2, 0) is 0 Å². The highest BCUT2D eigenvalue weighted by Crippen LogP contribution is 2.19. The molecule has 0 unspecified atom stereocenters. The molecule has 0 bridgehead atoms. The highest BCUT2D eigenvalue weighted by atomic mass is 19.4. The molecule has 0 fully saturated rings. The quantitative estimate of drug-likeness (QED) is 0.908. The molecular weight excluding hydrogens is 275 g/mol. The van der Waals surface area contributed by atoms with Gasteiger partial charge in [-0.25, -0.2) is 4.98 Å². The van der Waals surface area contributed by atoms with Crippen molar-refractivity contribution in [3.8, 4) is 5.95 Å². The van der Waals surface area contributed by atoms with Crippen LogP contribution in [0.25, 0.3) is 5.95 Å². The van der Waals surface area contributed by atoms with E-state index in [4.69, 9.17) is 0 Å². The van der Waals surface area contributed by atoms with Crippen LogP contribution in [0, 0.1) is 0 Å². The van der Waals surface area contributed by atoms with E-state index in [1.54, 1.807) is 13.2 Å². The SMILES string of the molecule is CNc1nc(N(C)CC(F)(F)F)nc(-n2ccnc2)n1. The Balaban J connectivity index is 2.36. The minimum Gasteiger partial charge on any atom is -0.357 e. The number of imidazole rings is 1. The summed E-state index contributed by atoms with van der Waals surface area (Å²) in [5.74, 6) is 0.281. The van der Waals surface area contributed by atoms with Crippen molar-refractivity contribution < 1.29 is 13.2 Å². The standard InChI is InChI=1S/C10H12F3N7/c1-14-7-16-8(19(2)5-10(11,12)13)18-9(17-7)20-4-3-15-6-20/h3-4,6H,5H2,1-2H3,(H,14,16,17,18). The van der Waals surface area contributed by atoms with E-state index in [-0.39, 0.29) is 17.8 Å². The fourth-order valence-corrected chi connectivity index (χ4v) is 1.47. The molecule has 7 nitrogen and oxygen atoms in total. The Bertz CT molecular complexity index is 567. The molecule has 10 heteroatoms. The summed E-state index contributed by atoms with van der Waals surface area (Å²) in [4.78, 5) is 16.7. The van der Waals surface area contributed by atoms with Crippen molar-refractivity contribution >= 4 is 11.9 Å². The highest BCUT2D eigenvalue weighted by Gasteiger charge is 2.30. The summed E-state index contributed by atoms with van der Waals surface area (Å²) in [5, 5.41) is 2.68. The summed E-state index contributed by atoms with van der Waals surface area (Å²) in [5.41, 5.74) is 0. The first kappa shape index (κ1) is 14.0. The molecule has 2 rings (SSSR count). The van der Waals surface area contributed by atoms with Crippen molar-refractivity contribution in [3.63, 3.8) is 0 Å². The molecular formula is C10H12F3N7. The number of hydrogen-bond acceptors (Lipinski definition) is 6. The maximum Gasteiger partial charge on any atom is 0.406 e. The number of aromatic nitrogens is 5. The van der Waals surface area contributed by atoms with Gasteiger partial charge in [-0.05, 0) is 0 Å². The zero-order chi connectivity index (χ0) is 14.8. The summed E-state index contributed by atoms with van der Waals surface area (Å²) in [6.07, 6.45) is 0.211. The Kier molecular flexibility index (Phi) is 3.72. The predicted molar refractivity (Wildman–Crippen MR) is 65.8 cm³/mol. The van der Waals surface area contributed by atoms with Crippen LogP contribution < -0.4 is 10.2 Å². The number of rotatable bonds is 4. The minimum atomic E-state index is -4.34. The molecule has 2 heterocycles. The normalized spacial score (nSPS) is 11.4. The molecule has 2 aromatic rings. The van der Waals surface area contributed by atoms with Crippen molar-refractivity contribution in [2.75, 3.05) is 30.9 Å². The Hall–Kier alpha value is -2.39. The van der Waals surface area contributed by atoms with Gasteiger partial charge >= 0.3 is 6.18 Å². The number of hydrogen-bond donors (Lipinski definition) is 1. The van der Waals surface area contributed by atoms with Gasteiger partial charge in [0.15, 0.2) is 0 Å². The number of nitrogens with one attached hydrogen (secondary N) is 1. The van der Waals surface area contributed by atoms with E-state index < -0.39 is 12.7 Å². The summed E-state index contributed by atoms with van der Waals surface area (Å²) in [7, 11) is 2.83. The lowest BCUT2D eigenvalue weighted by atomic mass is 10.5. The smallest absolute Gasteiger partial charge is 0.357 e. The largest absolute Gasteiger partial charge is 0.406 e. The molecule has 20 heavy (non-hydrogen) atoms. The zero-order valence-corrected chi connectivity index (χ0v) is 10.8. The third-order valence-electron chi connectivity index (χ3n) is 2.33. The number of anilines is 2. The molecule has 2 aromatic heterocycles. The number of nitrogens with zero attached hydrogens (tertiary/aromatic N) is 6. The predicted octanol–water partition coefficient (Wildman–Crippen LogP) is 1.10. The minimum absolute atomic E-state index is 0.0784. The van der Waals surface area contributed by atoms with Crippen LogP contribution in [0.4, 0.5) is 25.1 Å². The Labute approximate surface area is 112 Å². The highest BCUT2D eigenvalue weighted by molar-refractivity contribution is 5.39. The van der Waals surface area contributed by atoms with Gasteiger partial charge in [0.25, 0.3) is 0 Å². The van der Waals surface area contributed by atoms with Gasteiger partial charge in [0.1, 0.15) is 12.9 Å². The van der Waals surface area contributed by atoms with Crippen LogP contribution in [0.1, 0.15) is 0 Å². The zero-order valence-electron chi connectivity index (χ0n) is 10.8. The van der Waals surface area contributed by atoms with E-state index in [0.717, 1.165) is 4.90 Å². The first-order chi connectivity index (χ1) is 9.39. The Morgan fingerprint density at radius 1 is 1.30 bits per heavy atom. The van der Waals surface area contributed by atoms with Crippen molar-refractivity contribution in [2.24, 2.45) is 0 Å². The molecule has 0 atom stereocenters. The van der Waals surface area contributed by atoms with Gasteiger partial charge in [0.2, 0.25) is 17.8 Å². The summed E-state index contributed by atoms with van der Waals surface area (Å²) in [6, 6.07) is 0. The van der Waals surface area contributed by atoms with E-state index in [1.165, 1.54) is 24.1 Å². The Morgan fingerprint density at radius 3 is 2.60 bits per heavy atom. The average molecular weight is 287 g/mol. The third-order valence-corrected chi connectivity index (χ3v) is 2.33. The molecule has 0 aromatic carbocycles. The van der Waals surface area contributed by atoms with Gasteiger partial charge in [0, 0.05) is 26.5 Å². The number of alkyl halides is 3. The molecule has 0 aliphatic carbocycles. The van der Waals surface area contributed by atoms with Crippen molar-refractivity contribution in [3.05, 3.63) is 18.7 Å². The molecule has 0 aliphatic rings. The molecule has 0 radical (unpaired) electrons. The molecule has 0 saturated carbocycles. The maximum absolute atomic E-state index is 12.4. The first-order valence-corrected chi connectivity index (χ1v) is 5.59. The van der Waals surface area contributed by atoms with E-state index in [9.17, 15) is 13.2 Å². The van der Waals surface area contributed by atoms with Gasteiger partial charge in [-0.2, -0.15) is 28.1 Å². The van der Waals surface area contributed by atoms with Crippen molar-refractivity contribution in [2.45, 2.75) is 6.18 Å². The second-order valence-corrected chi connectivity index (χ2v) is 3.95. The lowest BCUT2D eigenvalue weighted by Gasteiger charge is -2.19. The first-order valence-electron chi connectivity index (χ1n) is 5.59. The fourth-order valence-electron chi connectivity index (χ4n) is 1.47. The van der Waals surface area contributed by atoms with Gasteiger partial charge in [-0.3, -0.25) is 4.57 Å². The van der Waals surface area contributed by atoms with Crippen LogP contribution in [-0.4, -0.2) is 51.3 Å². The summed E-state index contributed by atoms with van der Waals surface area (Å²) >= 11 is 0. The molecule has 108 valence electrons. The molecule has 0 spiro atoms. The van der Waals surface area contributed by atoms with Crippen molar-refractivity contribution in [1.82, 2.24) is 24.5 Å². The maximum atomic E-state index is 12.4. The average Bonchev–Trinajstić information content (AvgIpc) is 2.90.